The lowest BCUT2D eigenvalue weighted by molar-refractivity contribution is -0.0200. The highest BCUT2D eigenvalue weighted by Gasteiger charge is 2.37. The molecule has 0 spiro atoms. The first kappa shape index (κ1) is 16.5. The van der Waals surface area contributed by atoms with Crippen LogP contribution in [0.4, 0.5) is 0 Å². The standard InChI is InChI=1S/C15H21N2O5/c1-8-6-17(14(21)16-13(8)20)11-5-9(10(7-18)22-11)12(19)15(2,3)4/h6,10-11,18H,5,7H2,1-4H3,(H,16,20,21)/t10-,11-/m1/s1. The van der Waals surface area contributed by atoms with Gasteiger partial charge in [0.2, 0.25) is 0 Å². The Morgan fingerprint density at radius 2 is 2.09 bits per heavy atom. The Bertz CT molecular complexity index is 708. The summed E-state index contributed by atoms with van der Waals surface area (Å²) in [6.45, 7) is 6.63. The zero-order valence-electron chi connectivity index (χ0n) is 13.2. The number of aromatic amines is 1. The average molecular weight is 309 g/mol. The van der Waals surface area contributed by atoms with Gasteiger partial charge in [0.25, 0.3) is 5.56 Å². The SMILES string of the molecule is Cc1cn([C@H]2CC(=C([O])C(C)(C)C)[C@@H](CO)O2)c(=O)[nH]c1=O. The first-order valence-electron chi connectivity index (χ1n) is 7.14. The molecule has 0 aromatic carbocycles. The second-order valence-corrected chi connectivity index (χ2v) is 6.55. The summed E-state index contributed by atoms with van der Waals surface area (Å²) in [5.74, 6) is -0.0942. The van der Waals surface area contributed by atoms with Crippen LogP contribution in [-0.4, -0.2) is 27.4 Å². The Morgan fingerprint density at radius 1 is 1.45 bits per heavy atom. The fourth-order valence-electron chi connectivity index (χ4n) is 2.48. The van der Waals surface area contributed by atoms with Crippen molar-refractivity contribution in [2.24, 2.45) is 5.41 Å². The van der Waals surface area contributed by atoms with E-state index in [0.717, 1.165) is 0 Å². The first-order valence-corrected chi connectivity index (χ1v) is 7.14. The average Bonchev–Trinajstić information content (AvgIpc) is 2.84. The summed E-state index contributed by atoms with van der Waals surface area (Å²) in [6.07, 6.45) is 0.190. The number of hydrogen-bond donors (Lipinski definition) is 2. The van der Waals surface area contributed by atoms with Gasteiger partial charge < -0.3 is 9.84 Å². The molecular formula is C15H21N2O5. The van der Waals surface area contributed by atoms with E-state index in [0.29, 0.717) is 11.1 Å². The maximum Gasteiger partial charge on any atom is 0.330 e. The van der Waals surface area contributed by atoms with E-state index in [1.165, 1.54) is 10.8 Å². The molecule has 0 bridgehead atoms. The number of aliphatic hydroxyl groups excluding tert-OH is 1. The van der Waals surface area contributed by atoms with Crippen LogP contribution in [0.3, 0.4) is 0 Å². The summed E-state index contributed by atoms with van der Waals surface area (Å²) in [6, 6.07) is 0. The molecule has 0 unspecified atom stereocenters. The van der Waals surface area contributed by atoms with Crippen molar-refractivity contribution in [2.45, 2.75) is 46.4 Å². The van der Waals surface area contributed by atoms with Crippen LogP contribution in [0, 0.1) is 12.3 Å². The topological polar surface area (TPSA) is 104 Å². The molecule has 1 aliphatic heterocycles. The lowest BCUT2D eigenvalue weighted by Crippen LogP contribution is -2.33. The molecule has 2 atom stereocenters. The molecule has 0 saturated carbocycles. The number of nitrogens with one attached hydrogen (secondary N) is 1. The van der Waals surface area contributed by atoms with Gasteiger partial charge in [-0.25, -0.2) is 4.79 Å². The number of H-pyrrole nitrogens is 1. The van der Waals surface area contributed by atoms with Crippen molar-refractivity contribution < 1.29 is 14.9 Å². The number of aryl methyl sites for hydroxylation is 1. The molecule has 7 nitrogen and oxygen atoms in total. The third-order valence-electron chi connectivity index (χ3n) is 3.70. The van der Waals surface area contributed by atoms with Crippen LogP contribution in [0.15, 0.2) is 27.1 Å². The predicted octanol–water partition coefficient (Wildman–Crippen LogP) is 0.856. The van der Waals surface area contributed by atoms with Crippen molar-refractivity contribution in [3.63, 3.8) is 0 Å². The molecule has 2 rings (SSSR count). The Hall–Kier alpha value is -1.86. The van der Waals surface area contributed by atoms with Gasteiger partial charge in [-0.2, -0.15) is 0 Å². The zero-order chi connectivity index (χ0) is 16.7. The first-order chi connectivity index (χ1) is 10.1. The molecule has 1 fully saturated rings. The number of aromatic nitrogens is 2. The van der Waals surface area contributed by atoms with Gasteiger partial charge in [0, 0.05) is 29.2 Å². The van der Waals surface area contributed by atoms with Crippen molar-refractivity contribution >= 4 is 0 Å². The highest BCUT2D eigenvalue weighted by molar-refractivity contribution is 5.21. The molecule has 0 amide bonds. The second-order valence-electron chi connectivity index (χ2n) is 6.55. The number of hydrogen-bond acceptors (Lipinski definition) is 4. The van der Waals surface area contributed by atoms with Crippen molar-refractivity contribution in [1.82, 2.24) is 9.55 Å². The number of nitrogens with zero attached hydrogens (tertiary/aromatic N) is 1. The minimum absolute atomic E-state index is 0.0942. The zero-order valence-corrected chi connectivity index (χ0v) is 13.2. The third kappa shape index (κ3) is 3.00. The van der Waals surface area contributed by atoms with E-state index in [2.05, 4.69) is 4.98 Å². The van der Waals surface area contributed by atoms with E-state index >= 15 is 0 Å². The summed E-state index contributed by atoms with van der Waals surface area (Å²) in [5, 5.41) is 21.9. The Labute approximate surface area is 127 Å². The molecule has 121 valence electrons. The van der Waals surface area contributed by atoms with Gasteiger partial charge in [0.05, 0.1) is 6.61 Å². The van der Waals surface area contributed by atoms with Crippen LogP contribution in [0.5, 0.6) is 0 Å². The van der Waals surface area contributed by atoms with Crippen LogP contribution < -0.4 is 11.2 Å². The number of allylic oxidation sites excluding steroid dienone is 1. The van der Waals surface area contributed by atoms with E-state index in [4.69, 9.17) is 4.74 Å². The van der Waals surface area contributed by atoms with Crippen molar-refractivity contribution in [1.29, 1.82) is 0 Å². The number of ether oxygens (including phenoxy) is 1. The van der Waals surface area contributed by atoms with E-state index in [9.17, 15) is 19.8 Å². The van der Waals surface area contributed by atoms with E-state index in [1.54, 1.807) is 27.7 Å². The molecule has 2 N–H and O–H groups in total. The van der Waals surface area contributed by atoms with Crippen LogP contribution in [0.2, 0.25) is 0 Å². The number of rotatable bonds is 2. The third-order valence-corrected chi connectivity index (χ3v) is 3.70. The number of aliphatic hydroxyl groups is 1. The normalized spacial score (nSPS) is 24.6. The maximum absolute atomic E-state index is 12.4. The van der Waals surface area contributed by atoms with Crippen molar-refractivity contribution in [2.75, 3.05) is 6.61 Å². The van der Waals surface area contributed by atoms with Gasteiger partial charge in [-0.05, 0) is 6.92 Å². The molecular weight excluding hydrogens is 288 g/mol. The predicted molar refractivity (Wildman–Crippen MR) is 78.8 cm³/mol. The molecule has 1 aromatic heterocycles. The molecule has 1 saturated heterocycles. The monoisotopic (exact) mass is 309 g/mol. The van der Waals surface area contributed by atoms with Gasteiger partial charge in [-0.3, -0.25) is 19.5 Å². The van der Waals surface area contributed by atoms with Crippen LogP contribution in [0.1, 0.15) is 39.0 Å². The fourth-order valence-corrected chi connectivity index (χ4v) is 2.48. The second kappa shape index (κ2) is 5.73. The lowest BCUT2D eigenvalue weighted by atomic mass is 9.88. The maximum atomic E-state index is 12.4. The Balaban J connectivity index is 2.44. The largest absolute Gasteiger partial charge is 0.393 e. The van der Waals surface area contributed by atoms with Gasteiger partial charge in [-0.15, -0.1) is 0 Å². The fraction of sp³-hybridized carbons (Fsp3) is 0.600. The molecule has 2 heterocycles. The molecule has 1 radical (unpaired) electrons. The molecule has 1 aromatic rings. The molecule has 1 aliphatic rings. The highest BCUT2D eigenvalue weighted by Crippen LogP contribution is 2.38. The lowest BCUT2D eigenvalue weighted by Gasteiger charge is -2.18. The molecule has 22 heavy (non-hydrogen) atoms. The van der Waals surface area contributed by atoms with Gasteiger partial charge >= 0.3 is 5.69 Å². The quantitative estimate of drug-likeness (QED) is 0.790. The summed E-state index contributed by atoms with van der Waals surface area (Å²) in [4.78, 5) is 25.5. The van der Waals surface area contributed by atoms with Crippen molar-refractivity contribution in [3.8, 4) is 0 Å². The summed E-state index contributed by atoms with van der Waals surface area (Å²) >= 11 is 0. The van der Waals surface area contributed by atoms with Crippen molar-refractivity contribution in [3.05, 3.63) is 43.9 Å². The van der Waals surface area contributed by atoms with Gasteiger partial charge in [0.1, 0.15) is 12.3 Å². The molecule has 7 heteroatoms. The van der Waals surface area contributed by atoms with E-state index in [1.807, 2.05) is 0 Å². The Kier molecular flexibility index (Phi) is 4.30. The van der Waals surface area contributed by atoms with E-state index in [-0.39, 0.29) is 18.8 Å². The highest BCUT2D eigenvalue weighted by atomic mass is 16.5. The van der Waals surface area contributed by atoms with Gasteiger partial charge in [-0.1, -0.05) is 20.8 Å². The molecule has 0 aliphatic carbocycles. The smallest absolute Gasteiger partial charge is 0.330 e. The summed E-state index contributed by atoms with van der Waals surface area (Å²) in [7, 11) is 0. The minimum atomic E-state index is -0.726. The summed E-state index contributed by atoms with van der Waals surface area (Å²) in [5.41, 5.74) is -0.794. The van der Waals surface area contributed by atoms with Crippen LogP contribution in [0.25, 0.3) is 0 Å². The van der Waals surface area contributed by atoms with Crippen LogP contribution >= 0.6 is 0 Å². The van der Waals surface area contributed by atoms with Crippen LogP contribution in [-0.2, 0) is 9.84 Å². The minimum Gasteiger partial charge on any atom is -0.393 e. The van der Waals surface area contributed by atoms with Gasteiger partial charge in [0.15, 0.2) is 5.76 Å². The Morgan fingerprint density at radius 3 is 2.64 bits per heavy atom. The van der Waals surface area contributed by atoms with E-state index < -0.39 is 29.0 Å². The summed E-state index contributed by atoms with van der Waals surface area (Å²) < 4.78 is 6.89.